The highest BCUT2D eigenvalue weighted by Crippen LogP contribution is 2.42. The molecule has 1 aliphatic rings. The standard InChI is InChI=1S/C18H13NO4/c1-22-15-6-4-12(13-9-17(21)23-18(13)15)10-2-5-14-11(8-10)3-7-16(20)19-14/h2-8H,9H2,1H3,(H,19,20). The number of rotatable bonds is 2. The normalized spacial score (nSPS) is 13.0. The maximum Gasteiger partial charge on any atom is 0.315 e. The predicted octanol–water partition coefficient (Wildman–Crippen LogP) is 2.67. The lowest BCUT2D eigenvalue weighted by Crippen LogP contribution is -2.02. The fraction of sp³-hybridized carbons (Fsp3) is 0.111. The van der Waals surface area contributed by atoms with Crippen LogP contribution in [-0.4, -0.2) is 18.1 Å². The number of nitrogens with one attached hydrogen (secondary N) is 1. The third kappa shape index (κ3) is 2.17. The average Bonchev–Trinajstić information content (AvgIpc) is 2.94. The molecule has 0 unspecified atom stereocenters. The van der Waals surface area contributed by atoms with E-state index >= 15 is 0 Å². The number of carbonyl (C=O) groups is 1. The van der Waals surface area contributed by atoms with Crippen LogP contribution in [0, 0.1) is 0 Å². The molecule has 5 heteroatoms. The summed E-state index contributed by atoms with van der Waals surface area (Å²) < 4.78 is 10.5. The molecular formula is C18H13NO4. The second-order valence-corrected chi connectivity index (χ2v) is 5.40. The molecule has 1 aromatic heterocycles. The van der Waals surface area contributed by atoms with Gasteiger partial charge in [-0.2, -0.15) is 0 Å². The molecule has 2 aromatic carbocycles. The predicted molar refractivity (Wildman–Crippen MR) is 85.9 cm³/mol. The zero-order valence-electron chi connectivity index (χ0n) is 12.4. The van der Waals surface area contributed by atoms with Crippen LogP contribution in [0.25, 0.3) is 22.0 Å². The lowest BCUT2D eigenvalue weighted by molar-refractivity contribution is -0.131. The Labute approximate surface area is 131 Å². The van der Waals surface area contributed by atoms with Gasteiger partial charge in [0.05, 0.1) is 13.5 Å². The Bertz CT molecular complexity index is 1000. The van der Waals surface area contributed by atoms with Crippen LogP contribution in [0.1, 0.15) is 5.56 Å². The highest BCUT2D eigenvalue weighted by atomic mass is 16.6. The molecule has 0 fully saturated rings. The molecule has 0 amide bonds. The Morgan fingerprint density at radius 2 is 1.96 bits per heavy atom. The largest absolute Gasteiger partial charge is 0.493 e. The van der Waals surface area contributed by atoms with E-state index < -0.39 is 0 Å². The number of hydrogen-bond acceptors (Lipinski definition) is 4. The number of hydrogen-bond donors (Lipinski definition) is 1. The van der Waals surface area contributed by atoms with Crippen molar-refractivity contribution in [3.05, 3.63) is 58.4 Å². The number of aromatic amines is 1. The molecule has 2 heterocycles. The number of H-pyrrole nitrogens is 1. The highest BCUT2D eigenvalue weighted by Gasteiger charge is 2.27. The number of methoxy groups -OCH3 is 1. The maximum absolute atomic E-state index is 11.7. The number of fused-ring (bicyclic) bond motifs is 2. The molecule has 0 saturated carbocycles. The summed E-state index contributed by atoms with van der Waals surface area (Å²) in [6.07, 6.45) is 0.228. The van der Waals surface area contributed by atoms with Crippen molar-refractivity contribution in [1.29, 1.82) is 0 Å². The summed E-state index contributed by atoms with van der Waals surface area (Å²) in [5, 5.41) is 0.928. The molecule has 114 valence electrons. The zero-order chi connectivity index (χ0) is 16.0. The fourth-order valence-electron chi connectivity index (χ4n) is 2.94. The van der Waals surface area contributed by atoms with Crippen molar-refractivity contribution in [2.24, 2.45) is 0 Å². The number of pyridine rings is 1. The quantitative estimate of drug-likeness (QED) is 0.584. The zero-order valence-corrected chi connectivity index (χ0v) is 12.4. The van der Waals surface area contributed by atoms with Crippen molar-refractivity contribution in [1.82, 2.24) is 4.98 Å². The van der Waals surface area contributed by atoms with Crippen molar-refractivity contribution < 1.29 is 14.3 Å². The van der Waals surface area contributed by atoms with E-state index in [1.807, 2.05) is 24.3 Å². The van der Waals surface area contributed by atoms with Crippen LogP contribution in [-0.2, 0) is 11.2 Å². The summed E-state index contributed by atoms with van der Waals surface area (Å²) in [4.78, 5) is 25.9. The lowest BCUT2D eigenvalue weighted by Gasteiger charge is -2.11. The van der Waals surface area contributed by atoms with Gasteiger partial charge in [0.2, 0.25) is 5.56 Å². The highest BCUT2D eigenvalue weighted by molar-refractivity contribution is 5.90. The number of benzene rings is 2. The van der Waals surface area contributed by atoms with E-state index in [0.717, 1.165) is 27.6 Å². The molecule has 0 aliphatic carbocycles. The smallest absolute Gasteiger partial charge is 0.315 e. The fourth-order valence-corrected chi connectivity index (χ4v) is 2.94. The molecule has 5 nitrogen and oxygen atoms in total. The molecule has 0 bridgehead atoms. The van der Waals surface area contributed by atoms with Crippen molar-refractivity contribution >= 4 is 16.9 Å². The summed E-state index contributed by atoms with van der Waals surface area (Å²) in [6, 6.07) is 12.8. The molecule has 0 atom stereocenters. The van der Waals surface area contributed by atoms with E-state index in [-0.39, 0.29) is 17.9 Å². The summed E-state index contributed by atoms with van der Waals surface area (Å²) >= 11 is 0. The Morgan fingerprint density at radius 1 is 1.09 bits per heavy atom. The van der Waals surface area contributed by atoms with Crippen LogP contribution in [0.4, 0.5) is 0 Å². The van der Waals surface area contributed by atoms with Gasteiger partial charge < -0.3 is 14.5 Å². The van der Waals surface area contributed by atoms with E-state index in [1.165, 1.54) is 6.07 Å². The van der Waals surface area contributed by atoms with Gasteiger partial charge in [-0.15, -0.1) is 0 Å². The molecule has 1 N–H and O–H groups in total. The Kier molecular flexibility index (Phi) is 2.94. The van der Waals surface area contributed by atoms with E-state index in [0.29, 0.717) is 11.5 Å². The topological polar surface area (TPSA) is 68.4 Å². The van der Waals surface area contributed by atoms with Gasteiger partial charge in [-0.1, -0.05) is 12.1 Å². The molecular weight excluding hydrogens is 294 g/mol. The van der Waals surface area contributed by atoms with Gasteiger partial charge in [0, 0.05) is 17.1 Å². The number of carbonyl (C=O) groups excluding carboxylic acids is 1. The summed E-state index contributed by atoms with van der Waals surface area (Å²) in [7, 11) is 1.55. The van der Waals surface area contributed by atoms with Gasteiger partial charge >= 0.3 is 5.97 Å². The third-order valence-electron chi connectivity index (χ3n) is 4.02. The lowest BCUT2D eigenvalue weighted by atomic mass is 9.96. The second kappa shape index (κ2) is 4.98. The van der Waals surface area contributed by atoms with E-state index in [1.54, 1.807) is 19.2 Å². The summed E-state index contributed by atoms with van der Waals surface area (Å²) in [6.45, 7) is 0. The van der Waals surface area contributed by atoms with E-state index in [9.17, 15) is 9.59 Å². The SMILES string of the molecule is COc1ccc(-c2ccc3[nH]c(=O)ccc3c2)c2c1OC(=O)C2. The van der Waals surface area contributed by atoms with Crippen LogP contribution in [0.2, 0.25) is 0 Å². The molecule has 4 rings (SSSR count). The second-order valence-electron chi connectivity index (χ2n) is 5.40. The number of esters is 1. The summed E-state index contributed by atoms with van der Waals surface area (Å²) in [5.41, 5.74) is 3.37. The molecule has 23 heavy (non-hydrogen) atoms. The van der Waals surface area contributed by atoms with Gasteiger partial charge in [-0.25, -0.2) is 0 Å². The Hall–Kier alpha value is -3.08. The molecule has 3 aromatic rings. The van der Waals surface area contributed by atoms with Crippen molar-refractivity contribution in [3.8, 4) is 22.6 Å². The maximum atomic E-state index is 11.7. The van der Waals surface area contributed by atoms with Gasteiger partial charge in [0.15, 0.2) is 11.5 Å². The number of aromatic nitrogens is 1. The van der Waals surface area contributed by atoms with Crippen molar-refractivity contribution in [2.45, 2.75) is 6.42 Å². The van der Waals surface area contributed by atoms with Gasteiger partial charge in [-0.3, -0.25) is 9.59 Å². The first-order valence-corrected chi connectivity index (χ1v) is 7.20. The van der Waals surface area contributed by atoms with E-state index in [2.05, 4.69) is 4.98 Å². The molecule has 0 radical (unpaired) electrons. The molecule has 1 aliphatic heterocycles. The monoisotopic (exact) mass is 307 g/mol. The minimum Gasteiger partial charge on any atom is -0.493 e. The minimum atomic E-state index is -0.282. The van der Waals surface area contributed by atoms with Crippen LogP contribution < -0.4 is 15.0 Å². The molecule has 0 spiro atoms. The first-order chi connectivity index (χ1) is 11.2. The van der Waals surface area contributed by atoms with Gasteiger partial charge in [0.25, 0.3) is 0 Å². The van der Waals surface area contributed by atoms with Crippen LogP contribution in [0.5, 0.6) is 11.5 Å². The summed E-state index contributed by atoms with van der Waals surface area (Å²) in [5.74, 6) is 0.771. The first-order valence-electron chi connectivity index (χ1n) is 7.20. The average molecular weight is 307 g/mol. The minimum absolute atomic E-state index is 0.130. The van der Waals surface area contributed by atoms with Crippen LogP contribution >= 0.6 is 0 Å². The van der Waals surface area contributed by atoms with E-state index in [4.69, 9.17) is 9.47 Å². The number of ether oxygens (including phenoxy) is 2. The Balaban J connectivity index is 1.92. The Morgan fingerprint density at radius 3 is 2.78 bits per heavy atom. The molecule has 0 saturated heterocycles. The van der Waals surface area contributed by atoms with Crippen molar-refractivity contribution in [2.75, 3.05) is 7.11 Å². The van der Waals surface area contributed by atoms with Crippen molar-refractivity contribution in [3.63, 3.8) is 0 Å². The third-order valence-corrected chi connectivity index (χ3v) is 4.02. The van der Waals surface area contributed by atoms with Gasteiger partial charge in [0.1, 0.15) is 0 Å². The van der Waals surface area contributed by atoms with Gasteiger partial charge in [-0.05, 0) is 40.8 Å². The first kappa shape index (κ1) is 13.6. The van der Waals surface area contributed by atoms with Crippen LogP contribution in [0.15, 0.2) is 47.3 Å². The van der Waals surface area contributed by atoms with Crippen LogP contribution in [0.3, 0.4) is 0 Å².